The van der Waals surface area contributed by atoms with Gasteiger partial charge in [0.15, 0.2) is 5.65 Å². The van der Waals surface area contributed by atoms with Crippen molar-refractivity contribution < 1.29 is 9.90 Å². The van der Waals surface area contributed by atoms with Crippen LogP contribution >= 0.6 is 0 Å². The molecule has 0 atom stereocenters. The first-order chi connectivity index (χ1) is 6.75. The highest BCUT2D eigenvalue weighted by Crippen LogP contribution is 2.05. The number of hydrogen-bond donors (Lipinski definition) is 1. The van der Waals surface area contributed by atoms with E-state index in [1.807, 2.05) is 18.3 Å². The molecule has 14 heavy (non-hydrogen) atoms. The lowest BCUT2D eigenvalue weighted by Gasteiger charge is -1.98. The van der Waals surface area contributed by atoms with Gasteiger partial charge in [-0.25, -0.2) is 0 Å². The lowest BCUT2D eigenvalue weighted by atomic mass is 10.1. The number of carboxylic acid groups (broad SMARTS) is 1. The van der Waals surface area contributed by atoms with Crippen LogP contribution in [-0.4, -0.2) is 25.7 Å². The highest BCUT2D eigenvalue weighted by Gasteiger charge is 2.00. The minimum atomic E-state index is -0.783. The van der Waals surface area contributed by atoms with Crippen LogP contribution in [0.5, 0.6) is 0 Å². The van der Waals surface area contributed by atoms with E-state index in [4.69, 9.17) is 5.11 Å². The third-order valence-corrected chi connectivity index (χ3v) is 1.98. The summed E-state index contributed by atoms with van der Waals surface area (Å²) in [6.07, 6.45) is 4.12. The first-order valence-electron chi connectivity index (χ1n) is 4.26. The minimum Gasteiger partial charge on any atom is -0.481 e. The molecular weight excluding hydrogens is 182 g/mol. The van der Waals surface area contributed by atoms with E-state index in [0.29, 0.717) is 6.42 Å². The van der Waals surface area contributed by atoms with E-state index in [2.05, 4.69) is 10.2 Å². The maximum atomic E-state index is 10.4. The summed E-state index contributed by atoms with van der Waals surface area (Å²) < 4.78 is 1.77. The van der Waals surface area contributed by atoms with Gasteiger partial charge in [0.2, 0.25) is 0 Å². The summed E-state index contributed by atoms with van der Waals surface area (Å²) in [5.41, 5.74) is 1.74. The zero-order valence-electron chi connectivity index (χ0n) is 7.42. The van der Waals surface area contributed by atoms with Crippen LogP contribution in [0.2, 0.25) is 0 Å². The molecule has 0 radical (unpaired) electrons. The number of fused-ring (bicyclic) bond motifs is 1. The molecule has 2 aromatic rings. The second-order valence-corrected chi connectivity index (χ2v) is 3.03. The third kappa shape index (κ3) is 1.71. The topological polar surface area (TPSA) is 67.5 Å². The normalized spacial score (nSPS) is 10.6. The SMILES string of the molecule is O=C(O)CCc1ccc2nncn2c1. The number of rotatable bonds is 3. The molecule has 0 amide bonds. The predicted molar refractivity (Wildman–Crippen MR) is 48.9 cm³/mol. The molecule has 2 heterocycles. The first-order valence-corrected chi connectivity index (χ1v) is 4.26. The molecule has 0 aromatic carbocycles. The summed E-state index contributed by atoms with van der Waals surface area (Å²) in [7, 11) is 0. The number of aliphatic carboxylic acids is 1. The van der Waals surface area contributed by atoms with Crippen molar-refractivity contribution in [3.05, 3.63) is 30.2 Å². The number of carbonyl (C=O) groups is 1. The van der Waals surface area contributed by atoms with E-state index in [1.54, 1.807) is 10.7 Å². The van der Waals surface area contributed by atoms with Crippen LogP contribution in [0.1, 0.15) is 12.0 Å². The second-order valence-electron chi connectivity index (χ2n) is 3.03. The van der Waals surface area contributed by atoms with Gasteiger partial charge in [-0.3, -0.25) is 9.20 Å². The fraction of sp³-hybridized carbons (Fsp3) is 0.222. The van der Waals surface area contributed by atoms with Gasteiger partial charge in [0.05, 0.1) is 0 Å². The molecular formula is C9H9N3O2. The van der Waals surface area contributed by atoms with E-state index in [1.165, 1.54) is 0 Å². The van der Waals surface area contributed by atoms with Crippen LogP contribution in [0.3, 0.4) is 0 Å². The summed E-state index contributed by atoms with van der Waals surface area (Å²) in [6, 6.07) is 3.69. The second kappa shape index (κ2) is 3.45. The fourth-order valence-corrected chi connectivity index (χ4v) is 1.27. The Hall–Kier alpha value is -1.91. The van der Waals surface area contributed by atoms with E-state index in [-0.39, 0.29) is 6.42 Å². The molecule has 0 bridgehead atoms. The van der Waals surface area contributed by atoms with Crippen LogP contribution in [0.15, 0.2) is 24.7 Å². The summed E-state index contributed by atoms with van der Waals surface area (Å²) in [4.78, 5) is 10.4. The van der Waals surface area contributed by atoms with Gasteiger partial charge >= 0.3 is 5.97 Å². The zero-order chi connectivity index (χ0) is 9.97. The van der Waals surface area contributed by atoms with Crippen LogP contribution in [0.4, 0.5) is 0 Å². The molecule has 0 unspecified atom stereocenters. The number of nitrogens with zero attached hydrogens (tertiary/aromatic N) is 3. The van der Waals surface area contributed by atoms with Crippen molar-refractivity contribution in [2.24, 2.45) is 0 Å². The van der Waals surface area contributed by atoms with Crippen molar-refractivity contribution in [2.75, 3.05) is 0 Å². The van der Waals surface area contributed by atoms with Gasteiger partial charge in [-0.15, -0.1) is 10.2 Å². The van der Waals surface area contributed by atoms with Crippen LogP contribution in [0.25, 0.3) is 5.65 Å². The largest absolute Gasteiger partial charge is 0.481 e. The predicted octanol–water partition coefficient (Wildman–Crippen LogP) is 0.746. The Morgan fingerprint density at radius 3 is 3.14 bits per heavy atom. The quantitative estimate of drug-likeness (QED) is 0.777. The van der Waals surface area contributed by atoms with Gasteiger partial charge in [-0.05, 0) is 18.1 Å². The van der Waals surface area contributed by atoms with Gasteiger partial charge in [-0.1, -0.05) is 6.07 Å². The van der Waals surface area contributed by atoms with Gasteiger partial charge in [0.25, 0.3) is 0 Å². The van der Waals surface area contributed by atoms with Gasteiger partial charge in [0.1, 0.15) is 6.33 Å². The molecule has 5 heteroatoms. The molecule has 0 fully saturated rings. The maximum Gasteiger partial charge on any atom is 0.303 e. The molecule has 72 valence electrons. The number of aryl methyl sites for hydroxylation is 1. The molecule has 0 aliphatic carbocycles. The third-order valence-electron chi connectivity index (χ3n) is 1.98. The summed E-state index contributed by atoms with van der Waals surface area (Å²) >= 11 is 0. The molecule has 2 rings (SSSR count). The standard InChI is InChI=1S/C9H9N3O2/c13-9(14)4-2-7-1-3-8-11-10-6-12(8)5-7/h1,3,5-6H,2,4H2,(H,13,14). The molecule has 0 spiro atoms. The Morgan fingerprint density at radius 1 is 1.50 bits per heavy atom. The average molecular weight is 191 g/mol. The minimum absolute atomic E-state index is 0.146. The monoisotopic (exact) mass is 191 g/mol. The Balaban J connectivity index is 2.21. The molecule has 0 saturated heterocycles. The fourth-order valence-electron chi connectivity index (χ4n) is 1.27. The molecule has 0 aliphatic heterocycles. The van der Waals surface area contributed by atoms with Crippen molar-refractivity contribution in [2.45, 2.75) is 12.8 Å². The molecule has 1 N–H and O–H groups in total. The van der Waals surface area contributed by atoms with Crippen molar-refractivity contribution in [1.29, 1.82) is 0 Å². The molecule has 2 aromatic heterocycles. The summed E-state index contributed by atoms with van der Waals surface area (Å²) in [5.74, 6) is -0.783. The zero-order valence-corrected chi connectivity index (χ0v) is 7.42. The van der Waals surface area contributed by atoms with E-state index >= 15 is 0 Å². The van der Waals surface area contributed by atoms with Gasteiger partial charge < -0.3 is 5.11 Å². The van der Waals surface area contributed by atoms with E-state index in [9.17, 15) is 4.79 Å². The first kappa shape index (κ1) is 8.68. The lowest BCUT2D eigenvalue weighted by Crippen LogP contribution is -1.98. The van der Waals surface area contributed by atoms with Crippen LogP contribution < -0.4 is 0 Å². The molecule has 0 aliphatic rings. The van der Waals surface area contributed by atoms with E-state index < -0.39 is 5.97 Å². The van der Waals surface area contributed by atoms with Crippen LogP contribution in [-0.2, 0) is 11.2 Å². The van der Waals surface area contributed by atoms with Gasteiger partial charge in [-0.2, -0.15) is 0 Å². The highest BCUT2D eigenvalue weighted by molar-refractivity contribution is 5.67. The Bertz CT molecular complexity index is 464. The molecule has 0 saturated carbocycles. The lowest BCUT2D eigenvalue weighted by molar-refractivity contribution is -0.136. The summed E-state index contributed by atoms with van der Waals surface area (Å²) in [6.45, 7) is 0. The van der Waals surface area contributed by atoms with Gasteiger partial charge in [0, 0.05) is 12.6 Å². The molecule has 5 nitrogen and oxygen atoms in total. The van der Waals surface area contributed by atoms with Crippen molar-refractivity contribution >= 4 is 11.6 Å². The smallest absolute Gasteiger partial charge is 0.303 e. The number of aromatic nitrogens is 3. The maximum absolute atomic E-state index is 10.4. The van der Waals surface area contributed by atoms with Crippen molar-refractivity contribution in [3.8, 4) is 0 Å². The Labute approximate surface area is 80.0 Å². The Kier molecular flexibility index (Phi) is 2.14. The number of hydrogen-bond acceptors (Lipinski definition) is 3. The highest BCUT2D eigenvalue weighted by atomic mass is 16.4. The summed E-state index contributed by atoms with van der Waals surface area (Å²) in [5, 5.41) is 16.1. The average Bonchev–Trinajstić information content (AvgIpc) is 2.61. The number of pyridine rings is 1. The van der Waals surface area contributed by atoms with Crippen LogP contribution in [0, 0.1) is 0 Å². The van der Waals surface area contributed by atoms with E-state index in [0.717, 1.165) is 11.2 Å². The van der Waals surface area contributed by atoms with Crippen molar-refractivity contribution in [1.82, 2.24) is 14.6 Å². The number of carboxylic acids is 1. The Morgan fingerprint density at radius 2 is 2.36 bits per heavy atom. The van der Waals surface area contributed by atoms with Crippen molar-refractivity contribution in [3.63, 3.8) is 0 Å².